The number of aliphatic carboxylic acids is 1. The molecule has 0 saturated carbocycles. The number of carbonyl (C=O) groups excluding carboxylic acids is 1. The first kappa shape index (κ1) is 27.1. The number of anilines is 1. The molecular formula is C25H22ClF2NO6S. The van der Waals surface area contributed by atoms with E-state index in [1.54, 1.807) is 12.1 Å². The van der Waals surface area contributed by atoms with Crippen molar-refractivity contribution < 1.29 is 36.6 Å². The standard InChI is InChI=1S/C25H22ClF2NO6S/c1-15(14-35-25(32)29-19-4-2-3-16(11-19)12-23(30)31)24(21-13-18(27)7-10-22(21)28)36(33,34)20-8-5-17(26)6-9-20/h2-11,13,15,24H,12,14H2,1H3,(H,29,32)(H,30,31)/t15-,24?/m1/s1. The molecule has 0 aliphatic rings. The molecule has 3 aromatic carbocycles. The van der Waals surface area contributed by atoms with Gasteiger partial charge >= 0.3 is 12.1 Å². The Bertz CT molecular complexity index is 1370. The molecule has 2 N–H and O–H groups in total. The quantitative estimate of drug-likeness (QED) is 0.365. The molecule has 1 unspecified atom stereocenters. The molecule has 0 heterocycles. The Balaban J connectivity index is 1.83. The SMILES string of the molecule is C[C@H](COC(=O)Nc1cccc(CC(=O)O)c1)C(c1cc(F)ccc1F)S(=O)(=O)c1ccc(Cl)cc1. The Labute approximate surface area is 211 Å². The zero-order valence-electron chi connectivity index (χ0n) is 19.0. The topological polar surface area (TPSA) is 110 Å². The van der Waals surface area contributed by atoms with E-state index in [9.17, 15) is 26.8 Å². The molecule has 0 spiro atoms. The van der Waals surface area contributed by atoms with Gasteiger partial charge in [0.2, 0.25) is 0 Å². The number of carboxylic acids is 1. The fourth-order valence-electron chi connectivity index (χ4n) is 3.67. The second-order valence-electron chi connectivity index (χ2n) is 8.06. The maximum absolute atomic E-state index is 14.7. The molecule has 3 aromatic rings. The molecule has 11 heteroatoms. The number of benzene rings is 3. The minimum absolute atomic E-state index is 0.160. The highest BCUT2D eigenvalue weighted by atomic mass is 35.5. The summed E-state index contributed by atoms with van der Waals surface area (Å²) in [6.07, 6.45) is -1.18. The second-order valence-corrected chi connectivity index (χ2v) is 10.6. The van der Waals surface area contributed by atoms with Crippen LogP contribution in [0.15, 0.2) is 71.6 Å². The molecule has 7 nitrogen and oxygen atoms in total. The molecule has 0 saturated heterocycles. The Morgan fingerprint density at radius 1 is 1.06 bits per heavy atom. The molecule has 0 fully saturated rings. The Morgan fingerprint density at radius 2 is 1.75 bits per heavy atom. The van der Waals surface area contributed by atoms with Crippen molar-refractivity contribution in [1.29, 1.82) is 0 Å². The van der Waals surface area contributed by atoms with Crippen LogP contribution in [0, 0.1) is 17.6 Å². The maximum Gasteiger partial charge on any atom is 0.411 e. The molecule has 0 radical (unpaired) electrons. The van der Waals surface area contributed by atoms with Gasteiger partial charge < -0.3 is 9.84 Å². The predicted molar refractivity (Wildman–Crippen MR) is 130 cm³/mol. The lowest BCUT2D eigenvalue weighted by Crippen LogP contribution is -2.27. The van der Waals surface area contributed by atoms with Crippen LogP contribution in [0.25, 0.3) is 0 Å². The van der Waals surface area contributed by atoms with Crippen molar-refractivity contribution in [1.82, 2.24) is 0 Å². The first-order valence-corrected chi connectivity index (χ1v) is 12.6. The number of carboxylic acid groups (broad SMARTS) is 1. The van der Waals surface area contributed by atoms with Crippen LogP contribution in [0.3, 0.4) is 0 Å². The van der Waals surface area contributed by atoms with Crippen LogP contribution >= 0.6 is 11.6 Å². The van der Waals surface area contributed by atoms with Gasteiger partial charge in [-0.05, 0) is 60.2 Å². The zero-order chi connectivity index (χ0) is 26.5. The van der Waals surface area contributed by atoms with Crippen LogP contribution in [0.2, 0.25) is 5.02 Å². The fourth-order valence-corrected chi connectivity index (χ4v) is 5.80. The molecule has 36 heavy (non-hydrogen) atoms. The number of ether oxygens (including phenoxy) is 1. The Hall–Kier alpha value is -3.50. The Morgan fingerprint density at radius 3 is 2.42 bits per heavy atom. The highest BCUT2D eigenvalue weighted by molar-refractivity contribution is 7.91. The zero-order valence-corrected chi connectivity index (χ0v) is 20.5. The number of carbonyl (C=O) groups is 2. The number of nitrogens with one attached hydrogen (secondary N) is 1. The third-order valence-electron chi connectivity index (χ3n) is 5.26. The summed E-state index contributed by atoms with van der Waals surface area (Å²) in [5.41, 5.74) is 0.320. The highest BCUT2D eigenvalue weighted by Crippen LogP contribution is 2.37. The first-order valence-electron chi connectivity index (χ1n) is 10.7. The van der Waals surface area contributed by atoms with Crippen molar-refractivity contribution in [3.05, 3.63) is 94.5 Å². The lowest BCUT2D eigenvalue weighted by molar-refractivity contribution is -0.136. The molecular weight excluding hydrogens is 516 g/mol. The van der Waals surface area contributed by atoms with Crippen molar-refractivity contribution in [3.63, 3.8) is 0 Å². The number of hydrogen-bond acceptors (Lipinski definition) is 5. The maximum atomic E-state index is 14.7. The first-order chi connectivity index (χ1) is 17.0. The van der Waals surface area contributed by atoms with Gasteiger partial charge in [0, 0.05) is 22.2 Å². The largest absolute Gasteiger partial charge is 0.481 e. The van der Waals surface area contributed by atoms with E-state index in [1.807, 2.05) is 0 Å². The van der Waals surface area contributed by atoms with Crippen LogP contribution < -0.4 is 5.32 Å². The molecule has 0 aromatic heterocycles. The lowest BCUT2D eigenvalue weighted by atomic mass is 10.0. The molecule has 0 aliphatic carbocycles. The van der Waals surface area contributed by atoms with Gasteiger partial charge in [0.1, 0.15) is 11.6 Å². The van der Waals surface area contributed by atoms with E-state index in [0.29, 0.717) is 10.6 Å². The van der Waals surface area contributed by atoms with E-state index >= 15 is 0 Å². The molecule has 1 amide bonds. The molecule has 2 atom stereocenters. The summed E-state index contributed by atoms with van der Waals surface area (Å²) in [6, 6.07) is 13.8. The highest BCUT2D eigenvalue weighted by Gasteiger charge is 2.37. The van der Waals surface area contributed by atoms with Gasteiger partial charge in [-0.1, -0.05) is 30.7 Å². The minimum Gasteiger partial charge on any atom is -0.481 e. The third-order valence-corrected chi connectivity index (χ3v) is 7.83. The van der Waals surface area contributed by atoms with E-state index in [0.717, 1.165) is 18.2 Å². The van der Waals surface area contributed by atoms with E-state index in [2.05, 4.69) is 5.32 Å². The van der Waals surface area contributed by atoms with Crippen molar-refractivity contribution in [2.45, 2.75) is 23.5 Å². The van der Waals surface area contributed by atoms with Gasteiger partial charge in [-0.25, -0.2) is 22.0 Å². The van der Waals surface area contributed by atoms with Gasteiger partial charge in [0.05, 0.1) is 23.2 Å². The van der Waals surface area contributed by atoms with Gasteiger partial charge in [0.25, 0.3) is 0 Å². The number of halogens is 3. The van der Waals surface area contributed by atoms with Gasteiger partial charge in [0.15, 0.2) is 9.84 Å². The summed E-state index contributed by atoms with van der Waals surface area (Å²) >= 11 is 5.85. The summed E-state index contributed by atoms with van der Waals surface area (Å²) in [5.74, 6) is -3.78. The van der Waals surface area contributed by atoms with Crippen molar-refractivity contribution >= 4 is 39.2 Å². The van der Waals surface area contributed by atoms with E-state index < -0.39 is 56.9 Å². The van der Waals surface area contributed by atoms with Crippen molar-refractivity contribution in [2.75, 3.05) is 11.9 Å². The normalized spacial score (nSPS) is 13.0. The minimum atomic E-state index is -4.27. The third kappa shape index (κ3) is 6.79. The molecule has 190 valence electrons. The van der Waals surface area contributed by atoms with Crippen LogP contribution in [0.1, 0.15) is 23.3 Å². The van der Waals surface area contributed by atoms with Crippen LogP contribution in [-0.2, 0) is 25.8 Å². The van der Waals surface area contributed by atoms with E-state index in [-0.39, 0.29) is 17.0 Å². The van der Waals surface area contributed by atoms with E-state index in [4.69, 9.17) is 21.4 Å². The summed E-state index contributed by atoms with van der Waals surface area (Å²) in [6.45, 7) is 0.983. The van der Waals surface area contributed by atoms with Crippen LogP contribution in [0.5, 0.6) is 0 Å². The monoisotopic (exact) mass is 537 g/mol. The van der Waals surface area contributed by atoms with Crippen LogP contribution in [0.4, 0.5) is 19.3 Å². The number of sulfone groups is 1. The second kappa shape index (κ2) is 11.5. The van der Waals surface area contributed by atoms with Crippen LogP contribution in [-0.4, -0.2) is 32.2 Å². The predicted octanol–water partition coefficient (Wildman–Crippen LogP) is 5.65. The molecule has 0 bridgehead atoms. The summed E-state index contributed by atoms with van der Waals surface area (Å²) < 4.78 is 60.8. The number of amides is 1. The fraction of sp³-hybridized carbons (Fsp3) is 0.200. The summed E-state index contributed by atoms with van der Waals surface area (Å²) in [5, 5.41) is 10.1. The lowest BCUT2D eigenvalue weighted by Gasteiger charge is -2.25. The van der Waals surface area contributed by atoms with E-state index in [1.165, 1.54) is 43.3 Å². The summed E-state index contributed by atoms with van der Waals surface area (Å²) in [4.78, 5) is 23.1. The number of hydrogen-bond donors (Lipinski definition) is 2. The van der Waals surface area contributed by atoms with Crippen molar-refractivity contribution in [2.24, 2.45) is 5.92 Å². The van der Waals surface area contributed by atoms with Gasteiger partial charge in [-0.3, -0.25) is 10.1 Å². The Kier molecular flexibility index (Phi) is 8.65. The smallest absolute Gasteiger partial charge is 0.411 e. The average molecular weight is 538 g/mol. The van der Waals surface area contributed by atoms with Gasteiger partial charge in [-0.2, -0.15) is 0 Å². The molecule has 0 aliphatic heterocycles. The van der Waals surface area contributed by atoms with Crippen molar-refractivity contribution in [3.8, 4) is 0 Å². The average Bonchev–Trinajstić information content (AvgIpc) is 2.80. The molecule has 3 rings (SSSR count). The number of rotatable bonds is 9. The van der Waals surface area contributed by atoms with Gasteiger partial charge in [-0.15, -0.1) is 0 Å². The summed E-state index contributed by atoms with van der Waals surface area (Å²) in [7, 11) is -4.27.